The predicted molar refractivity (Wildman–Crippen MR) is 75.5 cm³/mol. The summed E-state index contributed by atoms with van der Waals surface area (Å²) < 4.78 is 5.18. The molecule has 1 saturated carbocycles. The Hall–Kier alpha value is -1.47. The van der Waals surface area contributed by atoms with Gasteiger partial charge in [0.2, 0.25) is 17.7 Å². The first kappa shape index (κ1) is 15.9. The molecule has 2 amide bonds. The van der Waals surface area contributed by atoms with Crippen LogP contribution in [0, 0.1) is 0 Å². The van der Waals surface area contributed by atoms with E-state index in [1.807, 2.05) is 0 Å². The van der Waals surface area contributed by atoms with Gasteiger partial charge in [-0.05, 0) is 12.8 Å². The van der Waals surface area contributed by atoms with Gasteiger partial charge in [0.1, 0.15) is 0 Å². The summed E-state index contributed by atoms with van der Waals surface area (Å²) in [7, 11) is 0. The molecule has 1 aliphatic carbocycles. The Kier molecular flexibility index (Phi) is 4.63. The number of amides is 2. The van der Waals surface area contributed by atoms with Gasteiger partial charge >= 0.3 is 0 Å². The molecule has 0 spiro atoms. The summed E-state index contributed by atoms with van der Waals surface area (Å²) in [6, 6.07) is 0. The van der Waals surface area contributed by atoms with Crippen LogP contribution in [-0.2, 0) is 21.5 Å². The van der Waals surface area contributed by atoms with E-state index in [9.17, 15) is 9.59 Å². The highest BCUT2D eigenvalue weighted by Crippen LogP contribution is 2.34. The largest absolute Gasteiger partial charge is 0.339 e. The lowest BCUT2D eigenvalue weighted by atomic mass is 9.99. The number of nitrogens with zero attached hydrogens (tertiary/aromatic N) is 3. The second kappa shape index (κ2) is 6.11. The number of rotatable bonds is 4. The topological polar surface area (TPSA) is 102 Å². The number of likely N-dealkylation sites (tertiary alicyclic amines) is 1. The Bertz CT molecular complexity index is 523. The Morgan fingerprint density at radius 3 is 2.43 bits per heavy atom. The van der Waals surface area contributed by atoms with Crippen molar-refractivity contribution in [2.45, 2.75) is 50.5 Å². The van der Waals surface area contributed by atoms with Gasteiger partial charge in [0.15, 0.2) is 5.82 Å². The molecule has 1 aliphatic heterocycles. The quantitative estimate of drug-likeness (QED) is 0.829. The molecule has 2 fully saturated rings. The Labute approximate surface area is 128 Å². The lowest BCUT2D eigenvalue weighted by molar-refractivity contribution is -0.138. The predicted octanol–water partition coefficient (Wildman–Crippen LogP) is 0.911. The first-order valence-corrected chi connectivity index (χ1v) is 7.04. The van der Waals surface area contributed by atoms with Crippen LogP contribution in [0.5, 0.6) is 0 Å². The van der Waals surface area contributed by atoms with Gasteiger partial charge < -0.3 is 10.3 Å². The van der Waals surface area contributed by atoms with Crippen LogP contribution in [0.2, 0.25) is 0 Å². The van der Waals surface area contributed by atoms with E-state index >= 15 is 0 Å². The number of halogens is 1. The van der Waals surface area contributed by atoms with Crippen LogP contribution in [0.15, 0.2) is 4.52 Å². The van der Waals surface area contributed by atoms with Gasteiger partial charge in [0.05, 0.1) is 5.54 Å². The molecule has 0 atom stereocenters. The van der Waals surface area contributed by atoms with Crippen LogP contribution in [0.25, 0.3) is 0 Å². The average Bonchev–Trinajstić information content (AvgIpc) is 3.11. The fourth-order valence-electron chi connectivity index (χ4n) is 2.87. The first-order chi connectivity index (χ1) is 9.58. The molecule has 21 heavy (non-hydrogen) atoms. The van der Waals surface area contributed by atoms with Crippen molar-refractivity contribution in [3.8, 4) is 0 Å². The zero-order valence-electron chi connectivity index (χ0n) is 11.7. The Morgan fingerprint density at radius 2 is 1.81 bits per heavy atom. The summed E-state index contributed by atoms with van der Waals surface area (Å²) in [5.41, 5.74) is 5.78. The maximum Gasteiger partial charge on any atom is 0.229 e. The van der Waals surface area contributed by atoms with Gasteiger partial charge in [0, 0.05) is 25.8 Å². The van der Waals surface area contributed by atoms with Gasteiger partial charge in [-0.2, -0.15) is 4.98 Å². The third-order valence-corrected chi connectivity index (χ3v) is 4.11. The van der Waals surface area contributed by atoms with Crippen molar-refractivity contribution >= 4 is 24.2 Å². The summed E-state index contributed by atoms with van der Waals surface area (Å²) in [6.07, 6.45) is 4.90. The zero-order valence-corrected chi connectivity index (χ0v) is 12.5. The lowest BCUT2D eigenvalue weighted by Gasteiger charge is -2.17. The van der Waals surface area contributed by atoms with Gasteiger partial charge in [-0.1, -0.05) is 18.0 Å². The lowest BCUT2D eigenvalue weighted by Crippen LogP contribution is -2.34. The van der Waals surface area contributed by atoms with Crippen molar-refractivity contribution in [1.82, 2.24) is 15.0 Å². The molecule has 1 saturated heterocycles. The molecule has 0 bridgehead atoms. The molecule has 1 aromatic heterocycles. The highest BCUT2D eigenvalue weighted by atomic mass is 35.5. The Morgan fingerprint density at radius 1 is 1.19 bits per heavy atom. The molecule has 116 valence electrons. The fourth-order valence-corrected chi connectivity index (χ4v) is 2.87. The van der Waals surface area contributed by atoms with E-state index in [2.05, 4.69) is 10.1 Å². The molecule has 0 unspecified atom stereocenters. The smallest absolute Gasteiger partial charge is 0.229 e. The van der Waals surface area contributed by atoms with E-state index in [1.54, 1.807) is 0 Å². The Balaban J connectivity index is 0.00000161. The second-order valence-corrected chi connectivity index (χ2v) is 5.56. The monoisotopic (exact) mass is 314 g/mol. The van der Waals surface area contributed by atoms with Crippen LogP contribution in [0.4, 0.5) is 0 Å². The van der Waals surface area contributed by atoms with Crippen molar-refractivity contribution in [1.29, 1.82) is 0 Å². The highest BCUT2D eigenvalue weighted by molar-refractivity contribution is 6.01. The SMILES string of the molecule is Cl.NC1(c2noc(CCN3C(=O)CCC3=O)n2)CCCC1. The van der Waals surface area contributed by atoms with Crippen molar-refractivity contribution in [2.75, 3.05) is 6.54 Å². The van der Waals surface area contributed by atoms with Crippen molar-refractivity contribution in [3.05, 3.63) is 11.7 Å². The van der Waals surface area contributed by atoms with Crippen LogP contribution < -0.4 is 5.73 Å². The van der Waals surface area contributed by atoms with Crippen LogP contribution in [0.1, 0.15) is 50.2 Å². The maximum atomic E-state index is 11.5. The minimum absolute atomic E-state index is 0. The molecule has 1 aromatic rings. The summed E-state index contributed by atoms with van der Waals surface area (Å²) in [4.78, 5) is 28.6. The molecular weight excluding hydrogens is 296 g/mol. The summed E-state index contributed by atoms with van der Waals surface area (Å²) in [6.45, 7) is 0.302. The van der Waals surface area contributed by atoms with Gasteiger partial charge in [-0.25, -0.2) is 0 Å². The molecule has 2 heterocycles. The summed E-state index contributed by atoms with van der Waals surface area (Å²) >= 11 is 0. The molecule has 8 heteroatoms. The molecule has 2 aliphatic rings. The molecule has 0 radical (unpaired) electrons. The number of hydrogen-bond acceptors (Lipinski definition) is 6. The fraction of sp³-hybridized carbons (Fsp3) is 0.692. The van der Waals surface area contributed by atoms with E-state index < -0.39 is 5.54 Å². The number of carbonyl (C=O) groups is 2. The van der Waals surface area contributed by atoms with E-state index in [4.69, 9.17) is 10.3 Å². The van der Waals surface area contributed by atoms with Gasteiger partial charge in [-0.3, -0.25) is 14.5 Å². The number of nitrogens with two attached hydrogens (primary N) is 1. The van der Waals surface area contributed by atoms with E-state index in [1.165, 1.54) is 4.90 Å². The van der Waals surface area contributed by atoms with Crippen molar-refractivity contribution in [2.24, 2.45) is 5.73 Å². The van der Waals surface area contributed by atoms with Crippen LogP contribution in [-0.4, -0.2) is 33.4 Å². The van der Waals surface area contributed by atoms with E-state index in [-0.39, 0.29) is 24.2 Å². The van der Waals surface area contributed by atoms with E-state index in [0.29, 0.717) is 37.5 Å². The van der Waals surface area contributed by atoms with Crippen molar-refractivity contribution in [3.63, 3.8) is 0 Å². The van der Waals surface area contributed by atoms with Crippen molar-refractivity contribution < 1.29 is 14.1 Å². The summed E-state index contributed by atoms with van der Waals surface area (Å²) in [5.74, 6) is 0.731. The number of hydrogen-bond donors (Lipinski definition) is 1. The van der Waals surface area contributed by atoms with Crippen LogP contribution >= 0.6 is 12.4 Å². The third kappa shape index (κ3) is 3.08. The van der Waals surface area contributed by atoms with Gasteiger partial charge in [0.25, 0.3) is 0 Å². The highest BCUT2D eigenvalue weighted by Gasteiger charge is 2.36. The maximum absolute atomic E-state index is 11.5. The van der Waals surface area contributed by atoms with Gasteiger partial charge in [-0.15, -0.1) is 12.4 Å². The number of imide groups is 1. The minimum atomic E-state index is -0.471. The number of aromatic nitrogens is 2. The average molecular weight is 315 g/mol. The normalized spacial score (nSPS) is 20.9. The number of carbonyl (C=O) groups excluding carboxylic acids is 2. The first-order valence-electron chi connectivity index (χ1n) is 7.04. The standard InChI is InChI=1S/C13H18N4O3.ClH/c14-13(6-1-2-7-13)12-15-9(20-16-12)5-8-17-10(18)3-4-11(17)19;/h1-8,14H2;1H. The third-order valence-electron chi connectivity index (χ3n) is 4.11. The minimum Gasteiger partial charge on any atom is -0.339 e. The summed E-state index contributed by atoms with van der Waals surface area (Å²) in [5, 5.41) is 3.95. The second-order valence-electron chi connectivity index (χ2n) is 5.56. The molecule has 3 rings (SSSR count). The zero-order chi connectivity index (χ0) is 14.2. The van der Waals surface area contributed by atoms with Crippen LogP contribution in [0.3, 0.4) is 0 Å². The molecule has 2 N–H and O–H groups in total. The molecular formula is C13H19ClN4O3. The molecule has 0 aromatic carbocycles. The van der Waals surface area contributed by atoms with E-state index in [0.717, 1.165) is 25.7 Å². The molecule has 7 nitrogen and oxygen atoms in total.